The van der Waals surface area contributed by atoms with Gasteiger partial charge in [0, 0.05) is 6.54 Å². The molecule has 6 heteroatoms. The van der Waals surface area contributed by atoms with Crippen molar-refractivity contribution < 1.29 is 24.4 Å². The van der Waals surface area contributed by atoms with Crippen LogP contribution in [0.3, 0.4) is 0 Å². The number of hydrogen-bond donors (Lipinski definition) is 2. The van der Waals surface area contributed by atoms with Crippen LogP contribution in [0, 0.1) is 0 Å². The lowest BCUT2D eigenvalue weighted by atomic mass is 9.94. The van der Waals surface area contributed by atoms with Gasteiger partial charge in [-0.2, -0.15) is 0 Å². The third-order valence-corrected chi connectivity index (χ3v) is 5.26. The van der Waals surface area contributed by atoms with Gasteiger partial charge in [-0.05, 0) is 48.2 Å². The number of ether oxygens (including phenoxy) is 3. The Morgan fingerprint density at radius 2 is 1.58 bits per heavy atom. The van der Waals surface area contributed by atoms with Crippen molar-refractivity contribution in [3.8, 4) is 23.0 Å². The van der Waals surface area contributed by atoms with Gasteiger partial charge < -0.3 is 24.4 Å². The van der Waals surface area contributed by atoms with Crippen molar-refractivity contribution in [2.45, 2.75) is 31.2 Å². The second-order valence-electron chi connectivity index (χ2n) is 6.70. The fourth-order valence-electron chi connectivity index (χ4n) is 4.02. The number of benzene rings is 2. The molecule has 0 aromatic heterocycles. The summed E-state index contributed by atoms with van der Waals surface area (Å²) >= 11 is 0. The summed E-state index contributed by atoms with van der Waals surface area (Å²) in [5.41, 5.74) is 1.98. The van der Waals surface area contributed by atoms with E-state index in [9.17, 15) is 10.2 Å². The molecule has 138 valence electrons. The number of phenolic OH excluding ortho intramolecular Hbond substituents is 2. The zero-order valence-electron chi connectivity index (χ0n) is 14.9. The van der Waals surface area contributed by atoms with Crippen molar-refractivity contribution in [1.82, 2.24) is 4.90 Å². The molecule has 0 spiro atoms. The van der Waals surface area contributed by atoms with E-state index < -0.39 is 0 Å². The molecule has 0 aliphatic carbocycles. The SMILES string of the molecule is COc1cc([C@H]2O[C@H]3CCCN3[C@@H]2c2ccc(O)c(OC)c2)ccc1O. The Kier molecular flexibility index (Phi) is 4.38. The van der Waals surface area contributed by atoms with Gasteiger partial charge in [-0.3, -0.25) is 4.90 Å². The van der Waals surface area contributed by atoms with Crippen LogP contribution in [0.4, 0.5) is 0 Å². The van der Waals surface area contributed by atoms with E-state index in [-0.39, 0.29) is 29.9 Å². The van der Waals surface area contributed by atoms with Gasteiger partial charge >= 0.3 is 0 Å². The van der Waals surface area contributed by atoms with Crippen LogP contribution in [-0.2, 0) is 4.74 Å². The van der Waals surface area contributed by atoms with E-state index in [1.165, 1.54) is 7.11 Å². The Bertz CT molecular complexity index is 809. The summed E-state index contributed by atoms with van der Waals surface area (Å²) in [4.78, 5) is 2.36. The predicted octanol–water partition coefficient (Wildman–Crippen LogP) is 3.35. The Labute approximate surface area is 152 Å². The van der Waals surface area contributed by atoms with Crippen molar-refractivity contribution in [2.24, 2.45) is 0 Å². The molecule has 2 N–H and O–H groups in total. The highest BCUT2D eigenvalue weighted by atomic mass is 16.5. The van der Waals surface area contributed by atoms with Crippen LogP contribution in [0.15, 0.2) is 36.4 Å². The number of aromatic hydroxyl groups is 2. The predicted molar refractivity (Wildman–Crippen MR) is 95.6 cm³/mol. The van der Waals surface area contributed by atoms with E-state index in [1.54, 1.807) is 19.2 Å². The Morgan fingerprint density at radius 1 is 0.962 bits per heavy atom. The fourth-order valence-corrected chi connectivity index (χ4v) is 4.02. The average molecular weight is 357 g/mol. The summed E-state index contributed by atoms with van der Waals surface area (Å²) < 4.78 is 16.9. The Balaban J connectivity index is 1.76. The van der Waals surface area contributed by atoms with Gasteiger partial charge in [0.05, 0.1) is 20.3 Å². The van der Waals surface area contributed by atoms with Gasteiger partial charge in [0.1, 0.15) is 12.3 Å². The van der Waals surface area contributed by atoms with Crippen LogP contribution in [0.25, 0.3) is 0 Å². The van der Waals surface area contributed by atoms with E-state index in [0.717, 1.165) is 30.5 Å². The summed E-state index contributed by atoms with van der Waals surface area (Å²) in [6.45, 7) is 0.963. The number of nitrogens with zero attached hydrogens (tertiary/aromatic N) is 1. The van der Waals surface area contributed by atoms with Crippen molar-refractivity contribution in [2.75, 3.05) is 20.8 Å². The van der Waals surface area contributed by atoms with Gasteiger partial charge in [0.2, 0.25) is 0 Å². The number of fused-ring (bicyclic) bond motifs is 1. The second-order valence-corrected chi connectivity index (χ2v) is 6.70. The summed E-state index contributed by atoms with van der Waals surface area (Å²) in [7, 11) is 3.08. The smallest absolute Gasteiger partial charge is 0.160 e. The normalized spacial score (nSPS) is 25.2. The highest BCUT2D eigenvalue weighted by Crippen LogP contribution is 2.50. The highest BCUT2D eigenvalue weighted by Gasteiger charge is 2.46. The summed E-state index contributed by atoms with van der Waals surface area (Å²) in [5, 5.41) is 19.8. The first-order valence-electron chi connectivity index (χ1n) is 8.77. The zero-order chi connectivity index (χ0) is 18.3. The quantitative estimate of drug-likeness (QED) is 0.874. The van der Waals surface area contributed by atoms with E-state index in [4.69, 9.17) is 14.2 Å². The first-order chi connectivity index (χ1) is 12.6. The molecule has 0 saturated carbocycles. The monoisotopic (exact) mass is 357 g/mol. The third kappa shape index (κ3) is 2.75. The lowest BCUT2D eigenvalue weighted by Crippen LogP contribution is -2.26. The molecule has 6 nitrogen and oxygen atoms in total. The molecule has 0 unspecified atom stereocenters. The molecule has 0 radical (unpaired) electrons. The van der Waals surface area contributed by atoms with Gasteiger partial charge in [0.25, 0.3) is 0 Å². The van der Waals surface area contributed by atoms with E-state index >= 15 is 0 Å². The molecular weight excluding hydrogens is 334 g/mol. The summed E-state index contributed by atoms with van der Waals surface area (Å²) in [6, 6.07) is 10.8. The van der Waals surface area contributed by atoms with Crippen LogP contribution >= 0.6 is 0 Å². The molecule has 3 atom stereocenters. The van der Waals surface area contributed by atoms with E-state index in [2.05, 4.69) is 4.90 Å². The second kappa shape index (κ2) is 6.70. The maximum atomic E-state index is 9.93. The maximum absolute atomic E-state index is 9.93. The Hall–Kier alpha value is -2.44. The number of methoxy groups -OCH3 is 2. The first-order valence-corrected chi connectivity index (χ1v) is 8.77. The molecule has 4 rings (SSSR count). The minimum atomic E-state index is -0.191. The van der Waals surface area contributed by atoms with Crippen LogP contribution in [0.1, 0.15) is 36.1 Å². The van der Waals surface area contributed by atoms with Crippen molar-refractivity contribution in [1.29, 1.82) is 0 Å². The molecule has 2 heterocycles. The maximum Gasteiger partial charge on any atom is 0.160 e. The molecule has 2 aliphatic rings. The minimum Gasteiger partial charge on any atom is -0.504 e. The Morgan fingerprint density at radius 3 is 2.23 bits per heavy atom. The third-order valence-electron chi connectivity index (χ3n) is 5.26. The van der Waals surface area contributed by atoms with Crippen LogP contribution in [0.2, 0.25) is 0 Å². The van der Waals surface area contributed by atoms with Crippen molar-refractivity contribution in [3.05, 3.63) is 47.5 Å². The zero-order valence-corrected chi connectivity index (χ0v) is 14.9. The standard InChI is InChI=1S/C20H23NO5/c1-24-16-10-12(5-7-14(16)22)19-20(26-18-4-3-9-21(18)19)13-6-8-15(23)17(11-13)25-2/h5-8,10-11,18-20,22-23H,3-4,9H2,1-2H3/t18-,19+,20+/m0/s1. The highest BCUT2D eigenvalue weighted by molar-refractivity contribution is 5.46. The topological polar surface area (TPSA) is 71.4 Å². The first kappa shape index (κ1) is 17.0. The lowest BCUT2D eigenvalue weighted by molar-refractivity contribution is 0.0173. The molecule has 2 aromatic rings. The number of hydrogen-bond acceptors (Lipinski definition) is 6. The summed E-state index contributed by atoms with van der Waals surface area (Å²) in [6.07, 6.45) is 1.98. The van der Waals surface area contributed by atoms with Crippen molar-refractivity contribution in [3.63, 3.8) is 0 Å². The van der Waals surface area contributed by atoms with E-state index in [1.807, 2.05) is 24.3 Å². The molecule has 2 aromatic carbocycles. The van der Waals surface area contributed by atoms with Gasteiger partial charge in [-0.1, -0.05) is 12.1 Å². The number of rotatable bonds is 4. The van der Waals surface area contributed by atoms with Gasteiger partial charge in [-0.25, -0.2) is 0 Å². The fraction of sp³-hybridized carbons (Fsp3) is 0.400. The molecule has 0 bridgehead atoms. The molecule has 0 amide bonds. The molecule has 2 saturated heterocycles. The number of phenols is 2. The largest absolute Gasteiger partial charge is 0.504 e. The van der Waals surface area contributed by atoms with Gasteiger partial charge in [0.15, 0.2) is 23.0 Å². The average Bonchev–Trinajstić information content (AvgIpc) is 3.24. The van der Waals surface area contributed by atoms with E-state index in [0.29, 0.717) is 11.5 Å². The van der Waals surface area contributed by atoms with Crippen LogP contribution in [-0.4, -0.2) is 42.1 Å². The molecule has 2 fully saturated rings. The summed E-state index contributed by atoms with van der Waals surface area (Å²) in [5.74, 6) is 1.11. The van der Waals surface area contributed by atoms with Gasteiger partial charge in [-0.15, -0.1) is 0 Å². The van der Waals surface area contributed by atoms with Crippen LogP contribution in [0.5, 0.6) is 23.0 Å². The van der Waals surface area contributed by atoms with Crippen molar-refractivity contribution >= 4 is 0 Å². The lowest BCUT2D eigenvalue weighted by Gasteiger charge is -2.26. The molecular formula is C20H23NO5. The molecule has 26 heavy (non-hydrogen) atoms. The molecule has 2 aliphatic heterocycles. The minimum absolute atomic E-state index is 0.00579. The van der Waals surface area contributed by atoms with Crippen LogP contribution < -0.4 is 9.47 Å².